The standard InChI is InChI=1S/C6H11O5.C2H4O2.Hg/c7-2-4-6(10)3(8)1-5(9)11-4;1-2(3)4;/h1,3-10H,2H2;1H3,(H,3,4);/q;;+1/p-1/t3-,4-,5?,6+;;/m1../s1. The van der Waals surface area contributed by atoms with E-state index >= 15 is 0 Å². The Morgan fingerprint density at radius 1 is 1.38 bits per heavy atom. The molecule has 1 aliphatic heterocycles. The molecule has 0 aromatic heterocycles. The minimum absolute atomic E-state index is 0.458. The summed E-state index contributed by atoms with van der Waals surface area (Å²) < 4.78 is 9.07. The van der Waals surface area contributed by atoms with Crippen LogP contribution < -0.4 is 0 Å². The third kappa shape index (κ3) is 3.35. The molecule has 4 N–H and O–H groups in total. The van der Waals surface area contributed by atoms with Gasteiger partial charge in [-0.05, 0) is 0 Å². The number of hydrogen-bond donors (Lipinski definition) is 4. The van der Waals surface area contributed by atoms with E-state index in [-0.39, 0.29) is 0 Å². The molecular formula is C8H14HgO7. The predicted octanol–water partition coefficient (Wildman–Crippen LogP) is -2.23. The maximum absolute atomic E-state index is 10.6. The molecule has 0 aromatic carbocycles. The predicted molar refractivity (Wildman–Crippen MR) is 45.5 cm³/mol. The van der Waals surface area contributed by atoms with Gasteiger partial charge in [-0.15, -0.1) is 0 Å². The SMILES string of the molecule is CC(=O)[O][Hg][C@H]1C(O)O[C@H](CO)[C@@H](O)[C@@H]1O. The Morgan fingerprint density at radius 3 is 2.50 bits per heavy atom. The van der Waals surface area contributed by atoms with Crippen molar-refractivity contribution in [3.8, 4) is 0 Å². The quantitative estimate of drug-likeness (QED) is 0.380. The van der Waals surface area contributed by atoms with Crippen LogP contribution in [0, 0.1) is 0 Å². The Kier molecular flexibility index (Phi) is 5.55. The van der Waals surface area contributed by atoms with E-state index in [0.717, 1.165) is 0 Å². The molecule has 0 saturated carbocycles. The first kappa shape index (κ1) is 14.3. The van der Waals surface area contributed by atoms with Crippen LogP contribution in [0.4, 0.5) is 0 Å². The summed E-state index contributed by atoms with van der Waals surface area (Å²) in [6.45, 7) is 0.752. The second-order valence-electron chi connectivity index (χ2n) is 3.70. The topological polar surface area (TPSA) is 116 Å². The fourth-order valence-corrected chi connectivity index (χ4v) is 6.13. The summed E-state index contributed by atoms with van der Waals surface area (Å²) >= 11 is -2.33. The van der Waals surface area contributed by atoms with E-state index in [2.05, 4.69) is 0 Å². The molecule has 0 bridgehead atoms. The summed E-state index contributed by atoms with van der Waals surface area (Å²) in [4.78, 5) is 10.6. The van der Waals surface area contributed by atoms with Gasteiger partial charge >= 0.3 is 105 Å². The van der Waals surface area contributed by atoms with Gasteiger partial charge in [-0.3, -0.25) is 0 Å². The zero-order valence-electron chi connectivity index (χ0n) is 8.81. The van der Waals surface area contributed by atoms with Gasteiger partial charge in [-0.1, -0.05) is 0 Å². The van der Waals surface area contributed by atoms with Crippen LogP contribution in [0.1, 0.15) is 6.92 Å². The van der Waals surface area contributed by atoms with Crippen LogP contribution in [0.3, 0.4) is 0 Å². The molecule has 8 heteroatoms. The molecule has 1 unspecified atom stereocenters. The van der Waals surface area contributed by atoms with Crippen molar-refractivity contribution in [2.75, 3.05) is 6.61 Å². The number of rotatable bonds is 3. The third-order valence-corrected chi connectivity index (χ3v) is 9.68. The normalized spacial score (nSPS) is 38.9. The number of aliphatic hydroxyl groups is 4. The van der Waals surface area contributed by atoms with Crippen LogP contribution in [-0.2, 0) is 37.2 Å². The molecule has 0 aromatic rings. The molecule has 1 aliphatic rings. The molecule has 5 atom stereocenters. The van der Waals surface area contributed by atoms with Gasteiger partial charge < -0.3 is 0 Å². The van der Waals surface area contributed by atoms with E-state index in [9.17, 15) is 20.1 Å². The second-order valence-corrected chi connectivity index (χ2v) is 9.78. The van der Waals surface area contributed by atoms with Gasteiger partial charge in [-0.2, -0.15) is 0 Å². The molecule has 16 heavy (non-hydrogen) atoms. The summed E-state index contributed by atoms with van der Waals surface area (Å²) in [6, 6.07) is 0. The van der Waals surface area contributed by atoms with Gasteiger partial charge in [0.1, 0.15) is 0 Å². The van der Waals surface area contributed by atoms with Crippen LogP contribution in [0.15, 0.2) is 0 Å². The van der Waals surface area contributed by atoms with Crippen LogP contribution in [0.2, 0.25) is 3.43 Å². The molecule has 1 heterocycles. The fraction of sp³-hybridized carbons (Fsp3) is 0.875. The average Bonchev–Trinajstić information content (AvgIpc) is 2.22. The van der Waals surface area contributed by atoms with Gasteiger partial charge in [0.25, 0.3) is 0 Å². The monoisotopic (exact) mass is 424 g/mol. The van der Waals surface area contributed by atoms with E-state index in [1.54, 1.807) is 0 Å². The van der Waals surface area contributed by atoms with Crippen LogP contribution in [-0.4, -0.2) is 57.6 Å². The number of ether oxygens (including phenoxy) is 1. The van der Waals surface area contributed by atoms with E-state index < -0.39 is 65.6 Å². The first-order chi connectivity index (χ1) is 7.47. The average molecular weight is 423 g/mol. The van der Waals surface area contributed by atoms with Gasteiger partial charge in [-0.25, -0.2) is 0 Å². The van der Waals surface area contributed by atoms with Crippen molar-refractivity contribution in [2.45, 2.75) is 35.0 Å². The minimum atomic E-state index is -2.33. The van der Waals surface area contributed by atoms with Crippen molar-refractivity contribution >= 4 is 5.97 Å². The molecule has 0 spiro atoms. The van der Waals surface area contributed by atoms with Gasteiger partial charge in [0.15, 0.2) is 0 Å². The van der Waals surface area contributed by atoms with E-state index in [1.807, 2.05) is 0 Å². The van der Waals surface area contributed by atoms with Crippen LogP contribution in [0.5, 0.6) is 0 Å². The van der Waals surface area contributed by atoms with Crippen molar-refractivity contribution in [3.05, 3.63) is 0 Å². The summed E-state index contributed by atoms with van der Waals surface area (Å²) in [5.74, 6) is -0.458. The Balaban J connectivity index is 2.60. The second kappa shape index (κ2) is 6.22. The molecule has 90 valence electrons. The molecule has 0 amide bonds. The molecular weight excluding hydrogens is 409 g/mol. The zero-order chi connectivity index (χ0) is 12.3. The number of hydrogen-bond acceptors (Lipinski definition) is 7. The third-order valence-electron chi connectivity index (χ3n) is 2.51. The number of aliphatic hydroxyl groups excluding tert-OH is 4. The summed E-state index contributed by atoms with van der Waals surface area (Å²) in [7, 11) is 0. The molecule has 1 fully saturated rings. The summed E-state index contributed by atoms with van der Waals surface area (Å²) in [5, 5.41) is 37.6. The van der Waals surface area contributed by atoms with Gasteiger partial charge in [0, 0.05) is 0 Å². The fourth-order valence-electron chi connectivity index (χ4n) is 1.55. The molecule has 1 saturated heterocycles. The summed E-state index contributed by atoms with van der Waals surface area (Å²) in [6.07, 6.45) is -4.79. The first-order valence-corrected chi connectivity index (χ1v) is 10.3. The van der Waals surface area contributed by atoms with Crippen molar-refractivity contribution in [3.63, 3.8) is 0 Å². The van der Waals surface area contributed by atoms with Gasteiger partial charge in [0.2, 0.25) is 0 Å². The number of carbonyl (C=O) groups is 1. The Labute approximate surface area is 105 Å². The van der Waals surface area contributed by atoms with Crippen molar-refractivity contribution in [2.24, 2.45) is 0 Å². The van der Waals surface area contributed by atoms with E-state index in [0.29, 0.717) is 0 Å². The molecule has 1 rings (SSSR count). The van der Waals surface area contributed by atoms with E-state index in [4.69, 9.17) is 12.5 Å². The Morgan fingerprint density at radius 2 is 2.00 bits per heavy atom. The molecule has 7 nitrogen and oxygen atoms in total. The van der Waals surface area contributed by atoms with Crippen molar-refractivity contribution in [1.82, 2.24) is 0 Å². The van der Waals surface area contributed by atoms with Crippen molar-refractivity contribution < 1.29 is 57.6 Å². The first-order valence-electron chi connectivity index (χ1n) is 4.91. The van der Waals surface area contributed by atoms with Crippen molar-refractivity contribution in [1.29, 1.82) is 0 Å². The van der Waals surface area contributed by atoms with Gasteiger partial charge in [0.05, 0.1) is 0 Å². The molecule has 0 aliphatic carbocycles. The molecule has 0 radical (unpaired) electrons. The van der Waals surface area contributed by atoms with E-state index in [1.165, 1.54) is 6.92 Å². The Bertz CT molecular complexity index is 249. The van der Waals surface area contributed by atoms with Crippen LogP contribution in [0.25, 0.3) is 0 Å². The zero-order valence-corrected chi connectivity index (χ0v) is 14.3. The Hall–Kier alpha value is 0.205. The summed E-state index contributed by atoms with van der Waals surface area (Å²) in [5.41, 5.74) is 0. The number of carbonyl (C=O) groups excluding carboxylic acids is 1. The van der Waals surface area contributed by atoms with Crippen LogP contribution >= 0.6 is 0 Å². The maximum atomic E-state index is 10.6.